The van der Waals surface area contributed by atoms with E-state index in [1.54, 1.807) is 0 Å². The van der Waals surface area contributed by atoms with Gasteiger partial charge in [0.1, 0.15) is 11.3 Å². The summed E-state index contributed by atoms with van der Waals surface area (Å²) >= 11 is 0. The van der Waals surface area contributed by atoms with Crippen molar-refractivity contribution in [1.82, 2.24) is 10.2 Å². The highest BCUT2D eigenvalue weighted by Gasteiger charge is 2.20. The van der Waals surface area contributed by atoms with Gasteiger partial charge in [0, 0.05) is 18.0 Å². The van der Waals surface area contributed by atoms with Gasteiger partial charge in [0.25, 0.3) is 0 Å². The third-order valence-corrected chi connectivity index (χ3v) is 4.34. The van der Waals surface area contributed by atoms with E-state index in [2.05, 4.69) is 64.1 Å². The van der Waals surface area contributed by atoms with Crippen LogP contribution in [0.5, 0.6) is 0 Å². The van der Waals surface area contributed by atoms with Crippen LogP contribution in [0.1, 0.15) is 38.1 Å². The Balaban J connectivity index is 2.12. The molecule has 0 radical (unpaired) electrons. The number of para-hydroxylation sites is 1. The van der Waals surface area contributed by atoms with Gasteiger partial charge in [0.15, 0.2) is 0 Å². The first-order valence-electron chi connectivity index (χ1n) is 7.79. The van der Waals surface area contributed by atoms with E-state index in [0.29, 0.717) is 12.0 Å². The summed E-state index contributed by atoms with van der Waals surface area (Å²) < 4.78 is 6.04. The van der Waals surface area contributed by atoms with E-state index in [1.807, 2.05) is 12.1 Å². The first-order valence-corrected chi connectivity index (χ1v) is 7.79. The molecule has 21 heavy (non-hydrogen) atoms. The Kier molecular flexibility index (Phi) is 5.07. The van der Waals surface area contributed by atoms with Gasteiger partial charge in [0.05, 0.1) is 6.04 Å². The molecule has 0 fully saturated rings. The zero-order valence-electron chi connectivity index (χ0n) is 14.1. The van der Waals surface area contributed by atoms with Crippen molar-refractivity contribution in [1.29, 1.82) is 0 Å². The lowest BCUT2D eigenvalue weighted by Gasteiger charge is -2.29. The lowest BCUT2D eigenvalue weighted by atomic mass is 10.0. The van der Waals surface area contributed by atoms with Gasteiger partial charge in [-0.1, -0.05) is 32.0 Å². The number of benzene rings is 1. The Morgan fingerprint density at radius 1 is 1.14 bits per heavy atom. The Hall–Kier alpha value is -1.32. The van der Waals surface area contributed by atoms with E-state index >= 15 is 0 Å². The zero-order valence-corrected chi connectivity index (χ0v) is 14.1. The van der Waals surface area contributed by atoms with Gasteiger partial charge in [-0.15, -0.1) is 0 Å². The first kappa shape index (κ1) is 16.1. The summed E-state index contributed by atoms with van der Waals surface area (Å²) in [6.07, 6.45) is 0. The molecule has 2 aromatic rings. The van der Waals surface area contributed by atoms with Crippen LogP contribution in [-0.2, 0) is 0 Å². The Morgan fingerprint density at radius 2 is 1.81 bits per heavy atom. The van der Waals surface area contributed by atoms with Gasteiger partial charge in [-0.05, 0) is 45.5 Å². The topological polar surface area (TPSA) is 28.4 Å². The second kappa shape index (κ2) is 6.63. The number of likely N-dealkylation sites (N-methyl/N-ethyl adjacent to an activating group) is 1. The molecule has 2 unspecified atom stereocenters. The zero-order chi connectivity index (χ0) is 15.6. The third kappa shape index (κ3) is 3.47. The Morgan fingerprint density at radius 3 is 2.38 bits per heavy atom. The van der Waals surface area contributed by atoms with Crippen LogP contribution >= 0.6 is 0 Å². The molecule has 0 aliphatic carbocycles. The second-order valence-electron chi connectivity index (χ2n) is 6.49. The van der Waals surface area contributed by atoms with Crippen molar-refractivity contribution in [2.24, 2.45) is 5.92 Å². The first-order chi connectivity index (χ1) is 9.91. The van der Waals surface area contributed by atoms with E-state index in [-0.39, 0.29) is 6.04 Å². The largest absolute Gasteiger partial charge is 0.459 e. The summed E-state index contributed by atoms with van der Waals surface area (Å²) in [5.74, 6) is 1.67. The van der Waals surface area contributed by atoms with Gasteiger partial charge in [-0.25, -0.2) is 0 Å². The van der Waals surface area contributed by atoms with E-state index in [4.69, 9.17) is 4.42 Å². The van der Waals surface area contributed by atoms with E-state index in [9.17, 15) is 0 Å². The second-order valence-corrected chi connectivity index (χ2v) is 6.49. The summed E-state index contributed by atoms with van der Waals surface area (Å²) in [5, 5.41) is 4.84. The van der Waals surface area contributed by atoms with Crippen molar-refractivity contribution in [2.75, 3.05) is 20.6 Å². The number of hydrogen-bond acceptors (Lipinski definition) is 3. The van der Waals surface area contributed by atoms with Crippen LogP contribution < -0.4 is 5.32 Å². The van der Waals surface area contributed by atoms with Gasteiger partial charge in [-0.2, -0.15) is 0 Å². The molecule has 2 rings (SSSR count). The Bertz CT molecular complexity index is 578. The monoisotopic (exact) mass is 288 g/mol. The highest BCUT2D eigenvalue weighted by atomic mass is 16.3. The third-order valence-electron chi connectivity index (χ3n) is 4.34. The summed E-state index contributed by atoms with van der Waals surface area (Å²) in [6.45, 7) is 9.82. The van der Waals surface area contributed by atoms with Gasteiger partial charge in [0.2, 0.25) is 0 Å². The molecular formula is C18H28N2O. The van der Waals surface area contributed by atoms with Crippen LogP contribution in [0.4, 0.5) is 0 Å². The van der Waals surface area contributed by atoms with Gasteiger partial charge in [-0.3, -0.25) is 0 Å². The molecule has 2 atom stereocenters. The van der Waals surface area contributed by atoms with E-state index in [0.717, 1.165) is 17.9 Å². The van der Waals surface area contributed by atoms with Crippen LogP contribution in [0.3, 0.4) is 0 Å². The molecule has 1 aromatic heterocycles. The summed E-state index contributed by atoms with van der Waals surface area (Å²) in [4.78, 5) is 2.29. The molecule has 3 heteroatoms. The van der Waals surface area contributed by atoms with Gasteiger partial charge < -0.3 is 14.6 Å². The SMILES string of the molecule is Cc1c(C(C)NCC(C(C)C)N(C)C)oc2ccccc12. The number of nitrogens with one attached hydrogen (secondary N) is 1. The van der Waals surface area contributed by atoms with Crippen molar-refractivity contribution in [3.8, 4) is 0 Å². The summed E-state index contributed by atoms with van der Waals surface area (Å²) in [5.41, 5.74) is 2.23. The molecule has 0 aliphatic heterocycles. The number of hydrogen-bond donors (Lipinski definition) is 1. The van der Waals surface area contributed by atoms with Crippen molar-refractivity contribution in [2.45, 2.75) is 39.8 Å². The highest BCUT2D eigenvalue weighted by molar-refractivity contribution is 5.82. The minimum atomic E-state index is 0.221. The lowest BCUT2D eigenvalue weighted by Crippen LogP contribution is -2.42. The fraction of sp³-hybridized carbons (Fsp3) is 0.556. The number of fused-ring (bicyclic) bond motifs is 1. The van der Waals surface area contributed by atoms with Crippen LogP contribution in [0, 0.1) is 12.8 Å². The van der Waals surface area contributed by atoms with Crippen molar-refractivity contribution in [3.63, 3.8) is 0 Å². The van der Waals surface area contributed by atoms with Crippen LogP contribution in [0.2, 0.25) is 0 Å². The predicted octanol–water partition coefficient (Wildman–Crippen LogP) is 3.98. The molecule has 0 aliphatic rings. The molecule has 1 aromatic carbocycles. The van der Waals surface area contributed by atoms with Crippen molar-refractivity contribution >= 4 is 11.0 Å². The summed E-state index contributed by atoms with van der Waals surface area (Å²) in [7, 11) is 4.28. The number of rotatable bonds is 6. The average molecular weight is 288 g/mol. The Labute approximate surface area is 128 Å². The quantitative estimate of drug-likeness (QED) is 0.871. The maximum atomic E-state index is 6.04. The number of furan rings is 1. The minimum absolute atomic E-state index is 0.221. The fourth-order valence-corrected chi connectivity index (χ4v) is 3.01. The van der Waals surface area contributed by atoms with Crippen LogP contribution in [0.25, 0.3) is 11.0 Å². The molecule has 0 bridgehead atoms. The average Bonchev–Trinajstić information content (AvgIpc) is 2.76. The molecule has 0 saturated heterocycles. The molecule has 1 heterocycles. The standard InChI is InChI=1S/C18H28N2O/c1-12(2)16(20(5)6)11-19-14(4)18-13(3)15-9-7-8-10-17(15)21-18/h7-10,12,14,16,19H,11H2,1-6H3. The number of nitrogens with zero attached hydrogens (tertiary/aromatic N) is 1. The molecule has 3 nitrogen and oxygen atoms in total. The van der Waals surface area contributed by atoms with E-state index < -0.39 is 0 Å². The van der Waals surface area contributed by atoms with Crippen LogP contribution in [-0.4, -0.2) is 31.6 Å². The highest BCUT2D eigenvalue weighted by Crippen LogP contribution is 2.29. The minimum Gasteiger partial charge on any atom is -0.459 e. The molecule has 0 saturated carbocycles. The predicted molar refractivity (Wildman–Crippen MR) is 89.7 cm³/mol. The van der Waals surface area contributed by atoms with Crippen LogP contribution in [0.15, 0.2) is 28.7 Å². The normalized spacial score (nSPS) is 15.0. The molecular weight excluding hydrogens is 260 g/mol. The fourth-order valence-electron chi connectivity index (χ4n) is 3.01. The molecule has 116 valence electrons. The van der Waals surface area contributed by atoms with Crippen molar-refractivity contribution < 1.29 is 4.42 Å². The maximum Gasteiger partial charge on any atom is 0.134 e. The lowest BCUT2D eigenvalue weighted by molar-refractivity contribution is 0.217. The summed E-state index contributed by atoms with van der Waals surface area (Å²) in [6, 6.07) is 8.99. The molecule has 0 amide bonds. The molecule has 0 spiro atoms. The molecule has 1 N–H and O–H groups in total. The maximum absolute atomic E-state index is 6.04. The van der Waals surface area contributed by atoms with E-state index in [1.165, 1.54) is 10.9 Å². The smallest absolute Gasteiger partial charge is 0.134 e. The van der Waals surface area contributed by atoms with Gasteiger partial charge >= 0.3 is 0 Å². The van der Waals surface area contributed by atoms with Crippen molar-refractivity contribution in [3.05, 3.63) is 35.6 Å². The number of aryl methyl sites for hydroxylation is 1.